The van der Waals surface area contributed by atoms with Crippen LogP contribution in [-0.4, -0.2) is 39.1 Å². The Morgan fingerprint density at radius 1 is 1.53 bits per heavy atom. The zero-order chi connectivity index (χ0) is 12.3. The van der Waals surface area contributed by atoms with E-state index in [4.69, 9.17) is 10.3 Å². The smallest absolute Gasteiger partial charge is 0.244 e. The number of imidazole rings is 1. The Morgan fingerprint density at radius 2 is 2.35 bits per heavy atom. The molecule has 0 saturated heterocycles. The van der Waals surface area contributed by atoms with Crippen LogP contribution in [0.4, 0.5) is 0 Å². The molecule has 2 aromatic rings. The average molecular weight is 236 g/mol. The predicted molar refractivity (Wildman–Crippen MR) is 60.9 cm³/mol. The van der Waals surface area contributed by atoms with E-state index in [9.17, 15) is 0 Å². The molecule has 0 aliphatic carbocycles. The molecule has 17 heavy (non-hydrogen) atoms. The average Bonchev–Trinajstić information content (AvgIpc) is 2.87. The molecule has 2 heterocycles. The van der Waals surface area contributed by atoms with Crippen molar-refractivity contribution >= 4 is 0 Å². The van der Waals surface area contributed by atoms with Crippen molar-refractivity contribution in [1.29, 1.82) is 0 Å². The lowest BCUT2D eigenvalue weighted by Crippen LogP contribution is -2.15. The summed E-state index contributed by atoms with van der Waals surface area (Å²) >= 11 is 0. The molecule has 1 unspecified atom stereocenters. The molecule has 1 atom stereocenters. The fourth-order valence-corrected chi connectivity index (χ4v) is 1.49. The number of nitrogens with one attached hydrogen (secondary N) is 1. The lowest BCUT2D eigenvalue weighted by molar-refractivity contribution is 0.335. The molecule has 7 heteroatoms. The highest BCUT2D eigenvalue weighted by Gasteiger charge is 2.16. The molecule has 92 valence electrons. The number of hydrogen-bond donors (Lipinski definition) is 2. The number of nitrogens with zero attached hydrogens (tertiary/aromatic N) is 4. The van der Waals surface area contributed by atoms with Gasteiger partial charge in [-0.25, -0.2) is 4.98 Å². The van der Waals surface area contributed by atoms with Crippen molar-refractivity contribution in [2.45, 2.75) is 19.0 Å². The van der Waals surface area contributed by atoms with Crippen LogP contribution in [0.1, 0.15) is 23.5 Å². The molecule has 2 rings (SSSR count). The van der Waals surface area contributed by atoms with E-state index in [1.54, 1.807) is 12.5 Å². The number of H-pyrrole nitrogens is 1. The van der Waals surface area contributed by atoms with Crippen LogP contribution in [0, 0.1) is 0 Å². The van der Waals surface area contributed by atoms with Gasteiger partial charge in [-0.2, -0.15) is 4.98 Å². The van der Waals surface area contributed by atoms with E-state index in [1.165, 1.54) is 0 Å². The van der Waals surface area contributed by atoms with Crippen LogP contribution in [0.5, 0.6) is 0 Å². The normalized spacial score (nSPS) is 13.2. The summed E-state index contributed by atoms with van der Waals surface area (Å²) in [6.07, 6.45) is 3.95. The van der Waals surface area contributed by atoms with Gasteiger partial charge in [-0.1, -0.05) is 5.16 Å². The first-order valence-electron chi connectivity index (χ1n) is 5.35. The van der Waals surface area contributed by atoms with Crippen molar-refractivity contribution in [2.75, 3.05) is 14.1 Å². The molecule has 0 aliphatic heterocycles. The third kappa shape index (κ3) is 3.11. The topological polar surface area (TPSA) is 96.9 Å². The predicted octanol–water partition coefficient (Wildman–Crippen LogP) is 0.0968. The highest BCUT2D eigenvalue weighted by Crippen LogP contribution is 2.12. The summed E-state index contributed by atoms with van der Waals surface area (Å²) in [5.74, 6) is 1.10. The summed E-state index contributed by atoms with van der Waals surface area (Å²) < 4.78 is 5.13. The molecule has 0 radical (unpaired) electrons. The van der Waals surface area contributed by atoms with Crippen LogP contribution in [0.3, 0.4) is 0 Å². The van der Waals surface area contributed by atoms with E-state index in [2.05, 4.69) is 20.1 Å². The number of aromatic nitrogens is 4. The Hall–Kier alpha value is -1.73. The third-order valence-electron chi connectivity index (χ3n) is 2.25. The molecule has 7 nitrogen and oxygen atoms in total. The number of nitrogens with two attached hydrogens (primary N) is 1. The molecule has 2 aromatic heterocycles. The molecule has 0 amide bonds. The van der Waals surface area contributed by atoms with Gasteiger partial charge in [-0.3, -0.25) is 0 Å². The maximum atomic E-state index is 5.97. The Bertz CT molecular complexity index is 449. The first-order valence-corrected chi connectivity index (χ1v) is 5.35. The zero-order valence-corrected chi connectivity index (χ0v) is 9.92. The first-order chi connectivity index (χ1) is 8.15. The largest absolute Gasteiger partial charge is 0.348 e. The number of hydrogen-bond acceptors (Lipinski definition) is 6. The lowest BCUT2D eigenvalue weighted by atomic mass is 10.2. The van der Waals surface area contributed by atoms with Gasteiger partial charge in [0.25, 0.3) is 0 Å². The lowest BCUT2D eigenvalue weighted by Gasteiger charge is -2.04. The summed E-state index contributed by atoms with van der Waals surface area (Å²) in [6, 6.07) is -0.307. The first kappa shape index (κ1) is 11.7. The Kier molecular flexibility index (Phi) is 3.50. The van der Waals surface area contributed by atoms with Crippen molar-refractivity contribution in [3.8, 4) is 0 Å². The molecule has 0 saturated carbocycles. The minimum Gasteiger partial charge on any atom is -0.348 e. The minimum absolute atomic E-state index is 0.307. The molecular formula is C10H16N6O. The minimum atomic E-state index is -0.307. The highest BCUT2D eigenvalue weighted by atomic mass is 16.5. The number of aromatic amines is 1. The van der Waals surface area contributed by atoms with E-state index in [0.29, 0.717) is 24.7 Å². The summed E-state index contributed by atoms with van der Waals surface area (Å²) in [4.78, 5) is 13.1. The van der Waals surface area contributed by atoms with Crippen LogP contribution in [0.15, 0.2) is 17.0 Å². The van der Waals surface area contributed by atoms with Crippen molar-refractivity contribution < 1.29 is 4.52 Å². The fourth-order valence-electron chi connectivity index (χ4n) is 1.49. The van der Waals surface area contributed by atoms with E-state index in [-0.39, 0.29) is 6.04 Å². The zero-order valence-electron chi connectivity index (χ0n) is 9.92. The quantitative estimate of drug-likeness (QED) is 0.764. The molecule has 3 N–H and O–H groups in total. The van der Waals surface area contributed by atoms with Crippen LogP contribution < -0.4 is 5.73 Å². The standard InChI is InChI=1S/C10H16N6O/c1-16(2)5-9-14-10(17-15-9)8(11)3-7-4-12-6-13-7/h4,6,8H,3,5,11H2,1-2H3,(H,12,13). The highest BCUT2D eigenvalue weighted by molar-refractivity contribution is 5.02. The third-order valence-corrected chi connectivity index (χ3v) is 2.25. The van der Waals surface area contributed by atoms with Gasteiger partial charge in [0.2, 0.25) is 5.89 Å². The maximum absolute atomic E-state index is 5.97. The molecule has 0 aromatic carbocycles. The molecular weight excluding hydrogens is 220 g/mol. The van der Waals surface area contributed by atoms with E-state index in [0.717, 1.165) is 5.69 Å². The van der Waals surface area contributed by atoms with E-state index in [1.807, 2.05) is 19.0 Å². The van der Waals surface area contributed by atoms with Gasteiger partial charge in [0, 0.05) is 18.3 Å². The second-order valence-corrected chi connectivity index (χ2v) is 4.17. The van der Waals surface area contributed by atoms with Crippen molar-refractivity contribution in [3.63, 3.8) is 0 Å². The molecule has 0 fully saturated rings. The maximum Gasteiger partial charge on any atom is 0.244 e. The van der Waals surface area contributed by atoms with E-state index >= 15 is 0 Å². The van der Waals surface area contributed by atoms with Gasteiger partial charge >= 0.3 is 0 Å². The molecule has 0 spiro atoms. The van der Waals surface area contributed by atoms with Crippen molar-refractivity contribution in [1.82, 2.24) is 25.0 Å². The van der Waals surface area contributed by atoms with Gasteiger partial charge < -0.3 is 20.1 Å². The summed E-state index contributed by atoms with van der Waals surface area (Å²) in [7, 11) is 3.89. The summed E-state index contributed by atoms with van der Waals surface area (Å²) in [5, 5.41) is 3.87. The van der Waals surface area contributed by atoms with Crippen LogP contribution in [0.25, 0.3) is 0 Å². The van der Waals surface area contributed by atoms with Crippen LogP contribution in [0.2, 0.25) is 0 Å². The Balaban J connectivity index is 1.99. The molecule has 0 aliphatic rings. The van der Waals surface area contributed by atoms with Gasteiger partial charge in [-0.15, -0.1) is 0 Å². The second kappa shape index (κ2) is 5.07. The van der Waals surface area contributed by atoms with Gasteiger partial charge in [0.15, 0.2) is 5.82 Å². The molecule has 0 bridgehead atoms. The summed E-state index contributed by atoms with van der Waals surface area (Å²) in [5.41, 5.74) is 6.92. The summed E-state index contributed by atoms with van der Waals surface area (Å²) in [6.45, 7) is 0.639. The fraction of sp³-hybridized carbons (Fsp3) is 0.500. The van der Waals surface area contributed by atoms with Gasteiger partial charge in [0.1, 0.15) is 0 Å². The van der Waals surface area contributed by atoms with Crippen LogP contribution in [-0.2, 0) is 13.0 Å². The van der Waals surface area contributed by atoms with Crippen LogP contribution >= 0.6 is 0 Å². The van der Waals surface area contributed by atoms with Crippen molar-refractivity contribution in [2.24, 2.45) is 5.73 Å². The Morgan fingerprint density at radius 3 is 3.00 bits per heavy atom. The number of rotatable bonds is 5. The van der Waals surface area contributed by atoms with Gasteiger partial charge in [0.05, 0.1) is 18.9 Å². The monoisotopic (exact) mass is 236 g/mol. The second-order valence-electron chi connectivity index (χ2n) is 4.17. The Labute approximate surface area is 99.0 Å². The van der Waals surface area contributed by atoms with Crippen molar-refractivity contribution in [3.05, 3.63) is 29.9 Å². The van der Waals surface area contributed by atoms with Gasteiger partial charge in [-0.05, 0) is 14.1 Å². The van der Waals surface area contributed by atoms with E-state index < -0.39 is 0 Å². The SMILES string of the molecule is CN(C)Cc1noc(C(N)Cc2cnc[nH]2)n1.